The number of amides is 1. The standard InChI is InChI=1S/C15H20ClN3O4/c16-11-2-3-14(19(21)22)13(10-11)15(20)18-7-4-12(5-8-18)23-9-1-6-17/h2-3,10,12H,1,4-9,17H2. The van der Waals surface area contributed by atoms with Crippen LogP contribution in [0.5, 0.6) is 0 Å². The summed E-state index contributed by atoms with van der Waals surface area (Å²) in [6.45, 7) is 2.23. The van der Waals surface area contributed by atoms with Gasteiger partial charge in [0.2, 0.25) is 0 Å². The van der Waals surface area contributed by atoms with Crippen LogP contribution in [-0.2, 0) is 4.74 Å². The molecule has 23 heavy (non-hydrogen) atoms. The minimum Gasteiger partial charge on any atom is -0.378 e. The van der Waals surface area contributed by atoms with E-state index in [9.17, 15) is 14.9 Å². The van der Waals surface area contributed by atoms with Gasteiger partial charge in [-0.15, -0.1) is 0 Å². The van der Waals surface area contributed by atoms with Crippen molar-refractivity contribution in [3.8, 4) is 0 Å². The van der Waals surface area contributed by atoms with Crippen LogP contribution in [0.4, 0.5) is 5.69 Å². The molecule has 8 heteroatoms. The number of rotatable bonds is 6. The van der Waals surface area contributed by atoms with E-state index in [-0.39, 0.29) is 23.3 Å². The van der Waals surface area contributed by atoms with Crippen molar-refractivity contribution in [2.75, 3.05) is 26.2 Å². The third kappa shape index (κ3) is 4.63. The summed E-state index contributed by atoms with van der Waals surface area (Å²) < 4.78 is 5.69. The van der Waals surface area contributed by atoms with Crippen molar-refractivity contribution < 1.29 is 14.5 Å². The second kappa shape index (κ2) is 8.24. The van der Waals surface area contributed by atoms with Gasteiger partial charge < -0.3 is 15.4 Å². The molecule has 0 atom stereocenters. The van der Waals surface area contributed by atoms with Crippen molar-refractivity contribution in [1.29, 1.82) is 0 Å². The number of nitrogens with zero attached hydrogens (tertiary/aromatic N) is 2. The molecule has 1 aliphatic rings. The Morgan fingerprint density at radius 2 is 2.13 bits per heavy atom. The summed E-state index contributed by atoms with van der Waals surface area (Å²) in [4.78, 5) is 24.7. The molecule has 1 aromatic carbocycles. The van der Waals surface area contributed by atoms with E-state index >= 15 is 0 Å². The molecule has 2 N–H and O–H groups in total. The van der Waals surface area contributed by atoms with Crippen molar-refractivity contribution in [2.45, 2.75) is 25.4 Å². The zero-order valence-electron chi connectivity index (χ0n) is 12.7. The Labute approximate surface area is 139 Å². The number of carbonyl (C=O) groups is 1. The van der Waals surface area contributed by atoms with E-state index in [1.165, 1.54) is 18.2 Å². The fourth-order valence-corrected chi connectivity index (χ4v) is 2.74. The van der Waals surface area contributed by atoms with Crippen LogP contribution >= 0.6 is 11.6 Å². The molecule has 1 aliphatic heterocycles. The lowest BCUT2D eigenvalue weighted by molar-refractivity contribution is -0.385. The normalized spacial score (nSPS) is 15.7. The Morgan fingerprint density at radius 1 is 1.43 bits per heavy atom. The zero-order valence-corrected chi connectivity index (χ0v) is 13.5. The van der Waals surface area contributed by atoms with Crippen molar-refractivity contribution in [3.05, 3.63) is 38.9 Å². The first kappa shape index (κ1) is 17.7. The number of nitro benzene ring substituents is 1. The number of carbonyl (C=O) groups excluding carboxylic acids is 1. The molecule has 0 aromatic heterocycles. The van der Waals surface area contributed by atoms with Gasteiger partial charge in [0.05, 0.1) is 11.0 Å². The van der Waals surface area contributed by atoms with Crippen molar-refractivity contribution in [2.24, 2.45) is 5.73 Å². The molecule has 0 bridgehead atoms. The quantitative estimate of drug-likeness (QED) is 0.486. The van der Waals surface area contributed by atoms with E-state index in [2.05, 4.69) is 0 Å². The number of likely N-dealkylation sites (tertiary alicyclic amines) is 1. The largest absolute Gasteiger partial charge is 0.378 e. The maximum Gasteiger partial charge on any atom is 0.282 e. The van der Waals surface area contributed by atoms with Crippen LogP contribution in [0, 0.1) is 10.1 Å². The number of ether oxygens (including phenoxy) is 1. The Hall–Kier alpha value is -1.70. The summed E-state index contributed by atoms with van der Waals surface area (Å²) in [6.07, 6.45) is 2.35. The molecule has 0 radical (unpaired) electrons. The van der Waals surface area contributed by atoms with E-state index in [0.717, 1.165) is 6.42 Å². The summed E-state index contributed by atoms with van der Waals surface area (Å²) in [6, 6.07) is 4.03. The average molecular weight is 342 g/mol. The van der Waals surface area contributed by atoms with Gasteiger partial charge in [-0.3, -0.25) is 14.9 Å². The second-order valence-corrected chi connectivity index (χ2v) is 5.86. The minimum atomic E-state index is -0.563. The molecule has 1 fully saturated rings. The Morgan fingerprint density at radius 3 is 2.74 bits per heavy atom. The number of benzene rings is 1. The highest BCUT2D eigenvalue weighted by atomic mass is 35.5. The van der Waals surface area contributed by atoms with E-state index < -0.39 is 4.92 Å². The van der Waals surface area contributed by atoms with Gasteiger partial charge in [-0.25, -0.2) is 0 Å². The summed E-state index contributed by atoms with van der Waals surface area (Å²) in [7, 11) is 0. The molecule has 0 aliphatic carbocycles. The first-order valence-corrected chi connectivity index (χ1v) is 7.95. The lowest BCUT2D eigenvalue weighted by Gasteiger charge is -2.32. The van der Waals surface area contributed by atoms with Gasteiger partial charge in [-0.05, 0) is 37.9 Å². The van der Waals surface area contributed by atoms with Crippen molar-refractivity contribution >= 4 is 23.2 Å². The van der Waals surface area contributed by atoms with Crippen molar-refractivity contribution in [3.63, 3.8) is 0 Å². The van der Waals surface area contributed by atoms with E-state index in [0.29, 0.717) is 44.1 Å². The van der Waals surface area contributed by atoms with Crippen LogP contribution in [0.25, 0.3) is 0 Å². The first-order chi connectivity index (χ1) is 11.0. The summed E-state index contributed by atoms with van der Waals surface area (Å²) in [5.74, 6) is -0.361. The van der Waals surface area contributed by atoms with Gasteiger partial charge in [-0.2, -0.15) is 0 Å². The van der Waals surface area contributed by atoms with Gasteiger partial charge in [0, 0.05) is 30.8 Å². The third-order valence-electron chi connectivity index (χ3n) is 3.82. The molecular formula is C15H20ClN3O4. The molecule has 0 spiro atoms. The summed E-state index contributed by atoms with van der Waals surface area (Å²) in [5.41, 5.74) is 5.23. The topological polar surface area (TPSA) is 98.7 Å². The highest BCUT2D eigenvalue weighted by Crippen LogP contribution is 2.25. The number of nitro groups is 1. The lowest BCUT2D eigenvalue weighted by atomic mass is 10.1. The highest BCUT2D eigenvalue weighted by Gasteiger charge is 2.28. The van der Waals surface area contributed by atoms with Crippen LogP contribution < -0.4 is 5.73 Å². The average Bonchev–Trinajstić information content (AvgIpc) is 2.54. The van der Waals surface area contributed by atoms with Crippen LogP contribution in [0.15, 0.2) is 18.2 Å². The molecule has 1 amide bonds. The van der Waals surface area contributed by atoms with E-state index in [1.54, 1.807) is 4.90 Å². The molecule has 0 saturated carbocycles. The van der Waals surface area contributed by atoms with Crippen molar-refractivity contribution in [1.82, 2.24) is 4.90 Å². The number of halogens is 1. The summed E-state index contributed by atoms with van der Waals surface area (Å²) in [5, 5.41) is 11.4. The van der Waals surface area contributed by atoms with Gasteiger partial charge in [-0.1, -0.05) is 11.6 Å². The number of hydrogen-bond acceptors (Lipinski definition) is 5. The fourth-order valence-electron chi connectivity index (χ4n) is 2.57. The smallest absolute Gasteiger partial charge is 0.282 e. The van der Waals surface area contributed by atoms with Crippen LogP contribution in [0.1, 0.15) is 29.6 Å². The molecular weight excluding hydrogens is 322 g/mol. The van der Waals surface area contributed by atoms with Crippen LogP contribution in [0.3, 0.4) is 0 Å². The van der Waals surface area contributed by atoms with Gasteiger partial charge in [0.15, 0.2) is 0 Å². The Kier molecular flexibility index (Phi) is 6.32. The molecule has 1 heterocycles. The molecule has 7 nitrogen and oxygen atoms in total. The lowest BCUT2D eigenvalue weighted by Crippen LogP contribution is -2.41. The van der Waals surface area contributed by atoms with Gasteiger partial charge >= 0.3 is 0 Å². The van der Waals surface area contributed by atoms with Crippen LogP contribution in [-0.4, -0.2) is 48.1 Å². The van der Waals surface area contributed by atoms with E-state index in [1.807, 2.05) is 0 Å². The van der Waals surface area contributed by atoms with E-state index in [4.69, 9.17) is 22.1 Å². The fraction of sp³-hybridized carbons (Fsp3) is 0.533. The predicted octanol–water partition coefficient (Wildman–Crippen LogP) is 2.22. The van der Waals surface area contributed by atoms with Gasteiger partial charge in [0.25, 0.3) is 11.6 Å². The number of piperidine rings is 1. The molecule has 0 unspecified atom stereocenters. The summed E-state index contributed by atoms with van der Waals surface area (Å²) >= 11 is 5.88. The Balaban J connectivity index is 2.00. The third-order valence-corrected chi connectivity index (χ3v) is 4.05. The number of hydrogen-bond donors (Lipinski definition) is 1. The monoisotopic (exact) mass is 341 g/mol. The van der Waals surface area contributed by atoms with Crippen LogP contribution in [0.2, 0.25) is 5.02 Å². The number of nitrogens with two attached hydrogens (primary N) is 1. The maximum absolute atomic E-state index is 12.5. The minimum absolute atomic E-state index is 0.0324. The van der Waals surface area contributed by atoms with Gasteiger partial charge in [0.1, 0.15) is 5.56 Å². The molecule has 2 rings (SSSR count). The Bertz CT molecular complexity index is 574. The SMILES string of the molecule is NCCCOC1CCN(C(=O)c2cc(Cl)ccc2[N+](=O)[O-])CC1. The molecule has 1 aromatic rings. The highest BCUT2D eigenvalue weighted by molar-refractivity contribution is 6.31. The zero-order chi connectivity index (χ0) is 16.8. The molecule has 126 valence electrons. The maximum atomic E-state index is 12.5. The first-order valence-electron chi connectivity index (χ1n) is 7.58. The predicted molar refractivity (Wildman–Crippen MR) is 86.7 cm³/mol. The second-order valence-electron chi connectivity index (χ2n) is 5.42. The molecule has 1 saturated heterocycles.